The Morgan fingerprint density at radius 3 is 1.84 bits per heavy atom. The lowest BCUT2D eigenvalue weighted by molar-refractivity contribution is 0.631. The van der Waals surface area contributed by atoms with Gasteiger partial charge in [-0.3, -0.25) is 0 Å². The summed E-state index contributed by atoms with van der Waals surface area (Å²) in [5, 5.41) is 1.49. The quantitative estimate of drug-likeness (QED) is 0.245. The molecule has 0 atom stereocenters. The molecule has 32 heavy (non-hydrogen) atoms. The van der Waals surface area contributed by atoms with Crippen molar-refractivity contribution in [3.8, 4) is 23.7 Å². The van der Waals surface area contributed by atoms with Crippen LogP contribution in [0.1, 0.15) is 39.8 Å². The van der Waals surface area contributed by atoms with Crippen molar-refractivity contribution in [3.05, 3.63) is 131 Å². The Labute approximate surface area is 189 Å². The van der Waals surface area contributed by atoms with Crippen molar-refractivity contribution < 1.29 is 4.39 Å². The minimum absolute atomic E-state index is 0.164. The van der Waals surface area contributed by atoms with Gasteiger partial charge in [-0.25, -0.2) is 4.39 Å². The molecule has 0 unspecified atom stereocenters. The van der Waals surface area contributed by atoms with E-state index in [0.717, 1.165) is 40.5 Å². The number of halogens is 1. The Morgan fingerprint density at radius 1 is 0.719 bits per heavy atom. The van der Waals surface area contributed by atoms with Gasteiger partial charge in [0, 0.05) is 27.6 Å². The SMILES string of the molecule is C=CCCc1ccc(C#Cc2ccc(C#Cc3ccc4c(F)c(C)ccc4c3)cc2)cc1. The molecule has 0 N–H and O–H groups in total. The van der Waals surface area contributed by atoms with E-state index in [1.807, 2.05) is 48.5 Å². The van der Waals surface area contributed by atoms with Gasteiger partial charge in [0.05, 0.1) is 0 Å². The van der Waals surface area contributed by atoms with Gasteiger partial charge >= 0.3 is 0 Å². The number of rotatable bonds is 3. The van der Waals surface area contributed by atoms with Gasteiger partial charge in [0.15, 0.2) is 0 Å². The summed E-state index contributed by atoms with van der Waals surface area (Å²) in [4.78, 5) is 0. The lowest BCUT2D eigenvalue weighted by Gasteiger charge is -2.03. The topological polar surface area (TPSA) is 0 Å². The molecule has 0 amide bonds. The lowest BCUT2D eigenvalue weighted by Crippen LogP contribution is -1.86. The summed E-state index contributed by atoms with van der Waals surface area (Å²) in [6.07, 6.45) is 3.93. The highest BCUT2D eigenvalue weighted by molar-refractivity contribution is 5.85. The molecule has 0 aromatic heterocycles. The highest BCUT2D eigenvalue weighted by Crippen LogP contribution is 2.21. The van der Waals surface area contributed by atoms with Crippen molar-refractivity contribution in [2.45, 2.75) is 19.8 Å². The minimum Gasteiger partial charge on any atom is -0.206 e. The Morgan fingerprint density at radius 2 is 1.25 bits per heavy atom. The highest BCUT2D eigenvalue weighted by atomic mass is 19.1. The molecular weight excluding hydrogens is 391 g/mol. The standard InChI is InChI=1S/C31H23F/c1-3-4-5-24-7-9-25(10-8-24)11-12-26-13-15-27(16-14-26)17-18-28-19-21-30-29(22-28)20-6-23(2)31(30)32/h3,6-10,13-16,19-22H,1,4-5H2,2H3. The van der Waals surface area contributed by atoms with Crippen LogP contribution in [0.5, 0.6) is 0 Å². The van der Waals surface area contributed by atoms with Crippen LogP contribution in [0.25, 0.3) is 10.8 Å². The van der Waals surface area contributed by atoms with E-state index in [-0.39, 0.29) is 5.82 Å². The van der Waals surface area contributed by atoms with Crippen LogP contribution in [-0.4, -0.2) is 0 Å². The molecule has 0 bridgehead atoms. The zero-order chi connectivity index (χ0) is 22.3. The number of fused-ring (bicyclic) bond motifs is 1. The third-order valence-electron chi connectivity index (χ3n) is 5.33. The molecule has 4 rings (SSSR count). The van der Waals surface area contributed by atoms with E-state index in [4.69, 9.17) is 0 Å². The first-order valence-electron chi connectivity index (χ1n) is 10.7. The van der Waals surface area contributed by atoms with Crippen LogP contribution in [0.15, 0.2) is 91.5 Å². The zero-order valence-electron chi connectivity index (χ0n) is 18.1. The van der Waals surface area contributed by atoms with Crippen molar-refractivity contribution in [2.24, 2.45) is 0 Å². The normalized spacial score (nSPS) is 10.1. The Hall–Kier alpha value is -4.07. The van der Waals surface area contributed by atoms with Gasteiger partial charge in [-0.2, -0.15) is 0 Å². The van der Waals surface area contributed by atoms with Crippen molar-refractivity contribution in [2.75, 3.05) is 0 Å². The number of hydrogen-bond donors (Lipinski definition) is 0. The molecule has 4 aromatic carbocycles. The summed E-state index contributed by atoms with van der Waals surface area (Å²) in [5.74, 6) is 12.6. The number of hydrogen-bond acceptors (Lipinski definition) is 0. The van der Waals surface area contributed by atoms with E-state index >= 15 is 0 Å². The van der Waals surface area contributed by atoms with Crippen LogP contribution in [0.2, 0.25) is 0 Å². The average Bonchev–Trinajstić information content (AvgIpc) is 2.84. The molecule has 1 heteroatoms. The van der Waals surface area contributed by atoms with Crippen LogP contribution in [0.4, 0.5) is 4.39 Å². The fraction of sp³-hybridized carbons (Fsp3) is 0.0968. The fourth-order valence-electron chi connectivity index (χ4n) is 3.43. The van der Waals surface area contributed by atoms with Crippen LogP contribution in [0, 0.1) is 36.4 Å². The van der Waals surface area contributed by atoms with Gasteiger partial charge in [-0.05, 0) is 84.8 Å². The smallest absolute Gasteiger partial charge is 0.133 e. The monoisotopic (exact) mass is 414 g/mol. The van der Waals surface area contributed by atoms with Gasteiger partial charge in [-0.15, -0.1) is 6.58 Å². The third kappa shape index (κ3) is 5.15. The summed E-state index contributed by atoms with van der Waals surface area (Å²) in [6.45, 7) is 5.54. The molecule has 0 saturated carbocycles. The minimum atomic E-state index is -0.164. The van der Waals surface area contributed by atoms with Gasteiger partial charge in [0.1, 0.15) is 5.82 Å². The molecule has 0 saturated heterocycles. The highest BCUT2D eigenvalue weighted by Gasteiger charge is 2.03. The van der Waals surface area contributed by atoms with E-state index in [0.29, 0.717) is 10.9 Å². The second-order valence-electron chi connectivity index (χ2n) is 7.73. The van der Waals surface area contributed by atoms with E-state index in [1.165, 1.54) is 5.56 Å². The molecule has 0 aliphatic heterocycles. The summed E-state index contributed by atoms with van der Waals surface area (Å²) < 4.78 is 14.2. The van der Waals surface area contributed by atoms with E-state index in [1.54, 1.807) is 19.1 Å². The maximum atomic E-state index is 14.2. The van der Waals surface area contributed by atoms with Crippen molar-refractivity contribution in [3.63, 3.8) is 0 Å². The molecule has 0 aliphatic rings. The molecule has 0 aliphatic carbocycles. The fourth-order valence-corrected chi connectivity index (χ4v) is 3.43. The second kappa shape index (κ2) is 9.82. The molecule has 0 spiro atoms. The second-order valence-corrected chi connectivity index (χ2v) is 7.73. The number of aryl methyl sites for hydroxylation is 2. The lowest BCUT2D eigenvalue weighted by atomic mass is 10.0. The first-order chi connectivity index (χ1) is 15.6. The average molecular weight is 415 g/mol. The summed E-state index contributed by atoms with van der Waals surface area (Å²) in [7, 11) is 0. The predicted octanol–water partition coefficient (Wildman–Crippen LogP) is 7.21. The Kier molecular flexibility index (Phi) is 6.50. The van der Waals surface area contributed by atoms with E-state index in [9.17, 15) is 4.39 Å². The third-order valence-corrected chi connectivity index (χ3v) is 5.33. The molecule has 0 heterocycles. The molecule has 0 fully saturated rings. The Bertz CT molecular complexity index is 1380. The molecule has 4 aromatic rings. The Balaban J connectivity index is 1.46. The van der Waals surface area contributed by atoms with Crippen molar-refractivity contribution in [1.82, 2.24) is 0 Å². The zero-order valence-corrected chi connectivity index (χ0v) is 18.1. The van der Waals surface area contributed by atoms with Gasteiger partial charge in [-0.1, -0.05) is 60.1 Å². The predicted molar refractivity (Wildman–Crippen MR) is 132 cm³/mol. The number of benzene rings is 4. The van der Waals surface area contributed by atoms with Crippen LogP contribution < -0.4 is 0 Å². The largest absolute Gasteiger partial charge is 0.206 e. The van der Waals surface area contributed by atoms with Crippen molar-refractivity contribution in [1.29, 1.82) is 0 Å². The summed E-state index contributed by atoms with van der Waals surface area (Å²) in [5.41, 5.74) is 5.67. The first-order valence-corrected chi connectivity index (χ1v) is 10.7. The van der Waals surface area contributed by atoms with Gasteiger partial charge < -0.3 is 0 Å². The van der Waals surface area contributed by atoms with Crippen molar-refractivity contribution >= 4 is 10.8 Å². The van der Waals surface area contributed by atoms with Crippen LogP contribution in [0.3, 0.4) is 0 Å². The molecular formula is C31H23F. The van der Waals surface area contributed by atoms with Gasteiger partial charge in [0.25, 0.3) is 0 Å². The van der Waals surface area contributed by atoms with E-state index in [2.05, 4.69) is 54.5 Å². The summed E-state index contributed by atoms with van der Waals surface area (Å²) in [6, 6.07) is 25.6. The maximum absolute atomic E-state index is 14.2. The first kappa shape index (κ1) is 21.2. The maximum Gasteiger partial charge on any atom is 0.133 e. The molecule has 0 radical (unpaired) electrons. The van der Waals surface area contributed by atoms with Crippen LogP contribution in [-0.2, 0) is 6.42 Å². The van der Waals surface area contributed by atoms with Crippen LogP contribution >= 0.6 is 0 Å². The number of allylic oxidation sites excluding steroid dienone is 1. The summed E-state index contributed by atoms with van der Waals surface area (Å²) >= 11 is 0. The molecule has 154 valence electrons. The molecule has 0 nitrogen and oxygen atoms in total. The van der Waals surface area contributed by atoms with Gasteiger partial charge in [0.2, 0.25) is 0 Å². The van der Waals surface area contributed by atoms with E-state index < -0.39 is 0 Å².